The van der Waals surface area contributed by atoms with Crippen molar-refractivity contribution in [2.45, 2.75) is 6.43 Å². The average molecular weight is 242 g/mol. The molecule has 1 N–H and O–H groups in total. The van der Waals surface area contributed by atoms with Crippen LogP contribution in [0.2, 0.25) is 5.15 Å². The Labute approximate surface area is 86.6 Å². The molecule has 0 aliphatic rings. The van der Waals surface area contributed by atoms with Gasteiger partial charge >= 0.3 is 0 Å². The van der Waals surface area contributed by atoms with Crippen molar-refractivity contribution in [3.63, 3.8) is 0 Å². The third-order valence-electron chi connectivity index (χ3n) is 1.47. The summed E-state index contributed by atoms with van der Waals surface area (Å²) in [6.07, 6.45) is -2.98. The molecule has 0 fully saturated rings. The zero-order valence-corrected chi connectivity index (χ0v) is 7.99. The highest BCUT2D eigenvalue weighted by atomic mass is 35.5. The standard InChI is InChI=1S/C7H3Cl2F2NO2/c8-4-2(5(9)13)1-3(6(10)11)7(14)12-4/h1,6H,(H,12,14). The van der Waals surface area contributed by atoms with E-state index in [4.69, 9.17) is 23.2 Å². The number of aromatic amines is 1. The highest BCUT2D eigenvalue weighted by molar-refractivity contribution is 6.68. The Bertz CT molecular complexity index is 430. The maximum absolute atomic E-state index is 12.2. The van der Waals surface area contributed by atoms with E-state index >= 15 is 0 Å². The topological polar surface area (TPSA) is 49.9 Å². The van der Waals surface area contributed by atoms with Crippen LogP contribution in [0.1, 0.15) is 22.3 Å². The minimum atomic E-state index is -2.98. The summed E-state index contributed by atoms with van der Waals surface area (Å²) in [6.45, 7) is 0. The van der Waals surface area contributed by atoms with E-state index in [1.54, 1.807) is 0 Å². The van der Waals surface area contributed by atoms with E-state index in [9.17, 15) is 18.4 Å². The van der Waals surface area contributed by atoms with Gasteiger partial charge in [-0.2, -0.15) is 0 Å². The summed E-state index contributed by atoms with van der Waals surface area (Å²) >= 11 is 10.4. The first-order chi connectivity index (χ1) is 6.43. The van der Waals surface area contributed by atoms with E-state index < -0.39 is 22.8 Å². The van der Waals surface area contributed by atoms with E-state index in [2.05, 4.69) is 0 Å². The number of rotatable bonds is 2. The lowest BCUT2D eigenvalue weighted by Gasteiger charge is -2.02. The Morgan fingerprint density at radius 1 is 1.50 bits per heavy atom. The predicted molar refractivity (Wildman–Crippen MR) is 47.2 cm³/mol. The maximum atomic E-state index is 12.2. The van der Waals surface area contributed by atoms with Gasteiger partial charge < -0.3 is 4.98 Å². The van der Waals surface area contributed by atoms with Crippen molar-refractivity contribution in [1.82, 2.24) is 4.98 Å². The molecule has 0 atom stereocenters. The van der Waals surface area contributed by atoms with Crippen molar-refractivity contribution >= 4 is 28.4 Å². The van der Waals surface area contributed by atoms with Gasteiger partial charge in [-0.15, -0.1) is 0 Å². The second-order valence-electron chi connectivity index (χ2n) is 2.36. The van der Waals surface area contributed by atoms with Crippen molar-refractivity contribution in [1.29, 1.82) is 0 Å². The fourth-order valence-electron chi connectivity index (χ4n) is 0.829. The molecule has 0 aliphatic carbocycles. The van der Waals surface area contributed by atoms with Crippen LogP contribution in [-0.4, -0.2) is 10.2 Å². The van der Waals surface area contributed by atoms with Gasteiger partial charge in [-0.25, -0.2) is 8.78 Å². The van der Waals surface area contributed by atoms with Crippen molar-refractivity contribution in [3.8, 4) is 0 Å². The lowest BCUT2D eigenvalue weighted by molar-refractivity contribution is 0.108. The quantitative estimate of drug-likeness (QED) is 0.639. The van der Waals surface area contributed by atoms with Crippen LogP contribution in [0.3, 0.4) is 0 Å². The number of hydrogen-bond donors (Lipinski definition) is 1. The van der Waals surface area contributed by atoms with Gasteiger partial charge in [0.2, 0.25) is 0 Å². The lowest BCUT2D eigenvalue weighted by atomic mass is 10.2. The molecule has 0 bridgehead atoms. The summed E-state index contributed by atoms with van der Waals surface area (Å²) in [6, 6.07) is 0.682. The Hall–Kier alpha value is -0.940. The van der Waals surface area contributed by atoms with Crippen molar-refractivity contribution in [2.75, 3.05) is 0 Å². The van der Waals surface area contributed by atoms with Gasteiger partial charge in [0.25, 0.3) is 17.2 Å². The third-order valence-corrected chi connectivity index (χ3v) is 1.97. The Kier molecular flexibility index (Phi) is 3.23. The van der Waals surface area contributed by atoms with Crippen LogP contribution >= 0.6 is 23.2 Å². The van der Waals surface area contributed by atoms with Gasteiger partial charge in [-0.3, -0.25) is 9.59 Å². The zero-order valence-electron chi connectivity index (χ0n) is 6.48. The summed E-state index contributed by atoms with van der Waals surface area (Å²) < 4.78 is 24.4. The molecule has 0 aromatic carbocycles. The monoisotopic (exact) mass is 241 g/mol. The predicted octanol–water partition coefficient (Wildman–Crippen LogP) is 2.34. The molecule has 0 saturated heterocycles. The van der Waals surface area contributed by atoms with Gasteiger partial charge in [0.1, 0.15) is 5.15 Å². The van der Waals surface area contributed by atoms with Gasteiger partial charge in [0.15, 0.2) is 0 Å². The number of H-pyrrole nitrogens is 1. The molecule has 0 unspecified atom stereocenters. The molecule has 3 nitrogen and oxygen atoms in total. The zero-order chi connectivity index (χ0) is 10.9. The number of pyridine rings is 1. The largest absolute Gasteiger partial charge is 0.312 e. The molecule has 76 valence electrons. The van der Waals surface area contributed by atoms with Crippen LogP contribution in [-0.2, 0) is 0 Å². The summed E-state index contributed by atoms with van der Waals surface area (Å²) in [7, 11) is 0. The third kappa shape index (κ3) is 2.10. The first-order valence-corrected chi connectivity index (χ1v) is 4.09. The van der Waals surface area contributed by atoms with Gasteiger partial charge in [-0.05, 0) is 17.7 Å². The summed E-state index contributed by atoms with van der Waals surface area (Å²) in [5, 5.41) is -1.35. The van der Waals surface area contributed by atoms with Crippen LogP contribution in [0.4, 0.5) is 8.78 Å². The van der Waals surface area contributed by atoms with E-state index in [0.29, 0.717) is 6.07 Å². The van der Waals surface area contributed by atoms with Gasteiger partial charge in [0, 0.05) is 0 Å². The van der Waals surface area contributed by atoms with Crippen molar-refractivity contribution < 1.29 is 13.6 Å². The second-order valence-corrected chi connectivity index (χ2v) is 3.08. The molecule has 0 spiro atoms. The van der Waals surface area contributed by atoms with Crippen LogP contribution < -0.4 is 5.56 Å². The fraction of sp³-hybridized carbons (Fsp3) is 0.143. The molecule has 1 aromatic heterocycles. The Balaban J connectivity index is 3.42. The van der Waals surface area contributed by atoms with E-state index in [-0.39, 0.29) is 10.7 Å². The molecular formula is C7H3Cl2F2NO2. The Morgan fingerprint density at radius 3 is 2.50 bits per heavy atom. The summed E-state index contributed by atoms with van der Waals surface area (Å²) in [4.78, 5) is 23.4. The first-order valence-electron chi connectivity index (χ1n) is 3.34. The average Bonchev–Trinajstić information content (AvgIpc) is 2.02. The normalized spacial score (nSPS) is 10.6. The van der Waals surface area contributed by atoms with Gasteiger partial charge in [-0.1, -0.05) is 11.6 Å². The maximum Gasteiger partial charge on any atom is 0.269 e. The first kappa shape index (κ1) is 11.1. The fourth-order valence-corrected chi connectivity index (χ4v) is 1.25. The molecule has 1 aromatic rings. The Morgan fingerprint density at radius 2 is 2.07 bits per heavy atom. The molecular weight excluding hydrogens is 239 g/mol. The lowest BCUT2D eigenvalue weighted by Crippen LogP contribution is -2.15. The number of hydrogen-bond acceptors (Lipinski definition) is 2. The van der Waals surface area contributed by atoms with E-state index in [1.165, 1.54) is 0 Å². The van der Waals surface area contributed by atoms with Crippen molar-refractivity contribution in [2.24, 2.45) is 0 Å². The van der Waals surface area contributed by atoms with Crippen molar-refractivity contribution in [3.05, 3.63) is 32.7 Å². The SMILES string of the molecule is O=C(Cl)c1cc(C(F)F)c(=O)[nH]c1Cl. The number of aromatic nitrogens is 1. The van der Waals surface area contributed by atoms with E-state index in [0.717, 1.165) is 0 Å². The summed E-state index contributed by atoms with van der Waals surface area (Å²) in [5.41, 5.74) is -2.21. The van der Waals surface area contributed by atoms with Crippen LogP contribution in [0.5, 0.6) is 0 Å². The van der Waals surface area contributed by atoms with E-state index in [1.807, 2.05) is 4.98 Å². The molecule has 1 rings (SSSR count). The number of alkyl halides is 2. The van der Waals surface area contributed by atoms with Crippen LogP contribution in [0.15, 0.2) is 10.9 Å². The number of carbonyl (C=O) groups is 1. The smallest absolute Gasteiger partial charge is 0.269 e. The molecule has 0 amide bonds. The number of nitrogens with one attached hydrogen (secondary N) is 1. The summed E-state index contributed by atoms with van der Waals surface area (Å²) in [5.74, 6) is 0. The van der Waals surface area contributed by atoms with Crippen LogP contribution in [0, 0.1) is 0 Å². The highest BCUT2D eigenvalue weighted by Gasteiger charge is 2.17. The molecule has 0 radical (unpaired) electrons. The number of halogens is 4. The number of carbonyl (C=O) groups excluding carboxylic acids is 1. The molecule has 0 saturated carbocycles. The van der Waals surface area contributed by atoms with Gasteiger partial charge in [0.05, 0.1) is 11.1 Å². The molecule has 7 heteroatoms. The minimum Gasteiger partial charge on any atom is -0.312 e. The minimum absolute atomic E-state index is 0.344. The van der Waals surface area contributed by atoms with Crippen LogP contribution in [0.25, 0.3) is 0 Å². The molecule has 1 heterocycles. The molecule has 0 aliphatic heterocycles. The highest BCUT2D eigenvalue weighted by Crippen LogP contribution is 2.20. The second kappa shape index (κ2) is 4.06. The molecule has 14 heavy (non-hydrogen) atoms.